The zero-order valence-electron chi connectivity index (χ0n) is 15.8. The molecular formula is C24H21N3O2. The Labute approximate surface area is 169 Å². The highest BCUT2D eigenvalue weighted by atomic mass is 16.2. The molecule has 0 bridgehead atoms. The monoisotopic (exact) mass is 383 g/mol. The number of imide groups is 1. The molecule has 0 radical (unpaired) electrons. The molecule has 144 valence electrons. The average molecular weight is 383 g/mol. The Balaban J connectivity index is 1.23. The largest absolute Gasteiger partial charge is 0.368 e. The summed E-state index contributed by atoms with van der Waals surface area (Å²) in [5.74, 6) is -0.255. The molecule has 2 unspecified atom stereocenters. The van der Waals surface area contributed by atoms with Crippen molar-refractivity contribution in [1.29, 1.82) is 0 Å². The highest BCUT2D eigenvalue weighted by Gasteiger charge is 2.39. The van der Waals surface area contributed by atoms with Gasteiger partial charge in [0.25, 0.3) is 5.91 Å². The summed E-state index contributed by atoms with van der Waals surface area (Å²) in [7, 11) is 0. The second-order valence-corrected chi connectivity index (χ2v) is 7.52. The van der Waals surface area contributed by atoms with E-state index in [9.17, 15) is 9.59 Å². The van der Waals surface area contributed by atoms with Crippen molar-refractivity contribution < 1.29 is 9.59 Å². The van der Waals surface area contributed by atoms with E-state index in [1.54, 1.807) is 0 Å². The normalized spacial score (nSPS) is 20.5. The van der Waals surface area contributed by atoms with Crippen LogP contribution in [-0.2, 0) is 11.2 Å². The van der Waals surface area contributed by atoms with Gasteiger partial charge in [-0.2, -0.15) is 0 Å². The van der Waals surface area contributed by atoms with E-state index in [1.165, 1.54) is 27.5 Å². The van der Waals surface area contributed by atoms with Gasteiger partial charge in [-0.1, -0.05) is 60.7 Å². The smallest absolute Gasteiger partial charge is 0.322 e. The fraction of sp³-hybridized carbons (Fsp3) is 0.167. The molecule has 0 saturated carbocycles. The summed E-state index contributed by atoms with van der Waals surface area (Å²) >= 11 is 0. The topological polar surface area (TPSA) is 61.4 Å². The molecule has 3 aromatic carbocycles. The number of amides is 3. The third-order valence-corrected chi connectivity index (χ3v) is 5.70. The van der Waals surface area contributed by atoms with Crippen molar-refractivity contribution in [1.82, 2.24) is 15.5 Å². The van der Waals surface area contributed by atoms with E-state index >= 15 is 0 Å². The summed E-state index contributed by atoms with van der Waals surface area (Å²) in [5, 5.41) is 7.46. The van der Waals surface area contributed by atoms with Crippen molar-refractivity contribution in [3.05, 3.63) is 84.6 Å². The zero-order chi connectivity index (χ0) is 19.8. The quantitative estimate of drug-likeness (QED) is 0.664. The van der Waals surface area contributed by atoms with E-state index in [4.69, 9.17) is 0 Å². The summed E-state index contributed by atoms with van der Waals surface area (Å²) in [6.07, 6.45) is 4.81. The standard InChI is InChI=1S/C24H21N3O2/c28-23-22(25-24(29)26-23)21-12-14-27(21)13-11-16-5-7-18(8-6-16)20-10-9-17-3-1-2-4-19(17)15-20/h1-10,12,14-15,21-22H,11,13H2,(H2,25,26,28,29). The molecule has 3 aromatic rings. The van der Waals surface area contributed by atoms with Gasteiger partial charge in [0.05, 0.1) is 6.04 Å². The lowest BCUT2D eigenvalue weighted by molar-refractivity contribution is -0.121. The molecule has 29 heavy (non-hydrogen) atoms. The molecule has 2 aliphatic heterocycles. The highest BCUT2D eigenvalue weighted by Crippen LogP contribution is 2.25. The number of benzene rings is 3. The van der Waals surface area contributed by atoms with Crippen LogP contribution in [0.1, 0.15) is 5.56 Å². The van der Waals surface area contributed by atoms with Gasteiger partial charge in [-0.15, -0.1) is 0 Å². The fourth-order valence-corrected chi connectivity index (χ4v) is 4.00. The second kappa shape index (κ2) is 7.09. The number of carbonyl (C=O) groups is 2. The van der Waals surface area contributed by atoms with Gasteiger partial charge in [-0.25, -0.2) is 4.79 Å². The van der Waals surface area contributed by atoms with Gasteiger partial charge >= 0.3 is 6.03 Å². The molecule has 2 aliphatic rings. The van der Waals surface area contributed by atoms with Gasteiger partial charge in [0, 0.05) is 6.54 Å². The molecule has 1 fully saturated rings. The van der Waals surface area contributed by atoms with Crippen LogP contribution in [0, 0.1) is 0 Å². The summed E-state index contributed by atoms with van der Waals surface area (Å²) in [6, 6.07) is 22.6. The molecule has 2 N–H and O–H groups in total. The Morgan fingerprint density at radius 3 is 2.31 bits per heavy atom. The first kappa shape index (κ1) is 17.5. The van der Waals surface area contributed by atoms with Crippen LogP contribution in [-0.4, -0.2) is 35.5 Å². The minimum atomic E-state index is -0.497. The minimum Gasteiger partial charge on any atom is -0.368 e. The lowest BCUT2D eigenvalue weighted by Crippen LogP contribution is -2.52. The number of hydrogen-bond donors (Lipinski definition) is 2. The van der Waals surface area contributed by atoms with Crippen molar-refractivity contribution in [3.8, 4) is 11.1 Å². The van der Waals surface area contributed by atoms with E-state index in [2.05, 4.69) is 82.3 Å². The maximum atomic E-state index is 11.8. The van der Waals surface area contributed by atoms with Gasteiger partial charge in [0.2, 0.25) is 0 Å². The maximum Gasteiger partial charge on any atom is 0.322 e. The van der Waals surface area contributed by atoms with E-state index in [0.717, 1.165) is 13.0 Å². The first-order valence-electron chi connectivity index (χ1n) is 9.81. The molecule has 0 aromatic heterocycles. The van der Waals surface area contributed by atoms with Gasteiger partial charge in [-0.3, -0.25) is 10.1 Å². The van der Waals surface area contributed by atoms with E-state index in [0.29, 0.717) is 0 Å². The van der Waals surface area contributed by atoms with Crippen molar-refractivity contribution in [2.24, 2.45) is 0 Å². The Morgan fingerprint density at radius 2 is 1.62 bits per heavy atom. The van der Waals surface area contributed by atoms with Crippen LogP contribution in [0.2, 0.25) is 0 Å². The van der Waals surface area contributed by atoms with Crippen LogP contribution in [0.3, 0.4) is 0 Å². The summed E-state index contributed by atoms with van der Waals surface area (Å²) in [4.78, 5) is 25.3. The number of rotatable bonds is 5. The predicted molar refractivity (Wildman–Crippen MR) is 113 cm³/mol. The highest BCUT2D eigenvalue weighted by molar-refractivity contribution is 6.04. The van der Waals surface area contributed by atoms with Crippen LogP contribution < -0.4 is 10.6 Å². The number of carbonyl (C=O) groups excluding carboxylic acids is 2. The molecule has 5 nitrogen and oxygen atoms in total. The Hall–Kier alpha value is -3.60. The van der Waals surface area contributed by atoms with E-state index in [-0.39, 0.29) is 11.9 Å². The van der Waals surface area contributed by atoms with Crippen LogP contribution in [0.25, 0.3) is 21.9 Å². The van der Waals surface area contributed by atoms with Crippen molar-refractivity contribution in [2.75, 3.05) is 6.54 Å². The fourth-order valence-electron chi connectivity index (χ4n) is 4.00. The minimum absolute atomic E-state index is 0.0710. The first-order valence-corrected chi connectivity index (χ1v) is 9.81. The van der Waals surface area contributed by atoms with Crippen molar-refractivity contribution in [3.63, 3.8) is 0 Å². The lowest BCUT2D eigenvalue weighted by atomic mass is 9.98. The molecule has 2 heterocycles. The molecule has 5 heteroatoms. The van der Waals surface area contributed by atoms with E-state index < -0.39 is 12.1 Å². The van der Waals surface area contributed by atoms with Crippen LogP contribution in [0.5, 0.6) is 0 Å². The van der Waals surface area contributed by atoms with Crippen molar-refractivity contribution in [2.45, 2.75) is 18.5 Å². The SMILES string of the molecule is O=C1NC(=O)C(C2C=CN2CCc2ccc(-c3ccc4ccccc4c3)cc2)N1. The lowest BCUT2D eigenvalue weighted by Gasteiger charge is -2.38. The molecule has 1 saturated heterocycles. The first-order chi connectivity index (χ1) is 14.2. The molecule has 0 aliphatic carbocycles. The average Bonchev–Trinajstić information content (AvgIpc) is 3.05. The van der Waals surface area contributed by atoms with Crippen LogP contribution in [0.4, 0.5) is 4.79 Å². The Bertz CT molecular complexity index is 1120. The molecular weight excluding hydrogens is 362 g/mol. The maximum absolute atomic E-state index is 11.8. The summed E-state index contributed by atoms with van der Waals surface area (Å²) in [6.45, 7) is 0.802. The van der Waals surface area contributed by atoms with Crippen LogP contribution in [0.15, 0.2) is 79.0 Å². The molecule has 2 atom stereocenters. The molecule has 0 spiro atoms. The number of urea groups is 1. The third kappa shape index (κ3) is 3.36. The van der Waals surface area contributed by atoms with Gasteiger partial charge in [-0.05, 0) is 52.2 Å². The number of hydrogen-bond acceptors (Lipinski definition) is 3. The van der Waals surface area contributed by atoms with E-state index in [1.807, 2.05) is 12.3 Å². The Kier molecular flexibility index (Phi) is 4.28. The van der Waals surface area contributed by atoms with Crippen LogP contribution >= 0.6 is 0 Å². The van der Waals surface area contributed by atoms with Crippen molar-refractivity contribution >= 4 is 22.7 Å². The van der Waals surface area contributed by atoms with Gasteiger partial charge in [0.15, 0.2) is 0 Å². The number of nitrogens with one attached hydrogen (secondary N) is 2. The summed E-state index contributed by atoms with van der Waals surface area (Å²) in [5.41, 5.74) is 3.66. The molecule has 3 amide bonds. The Morgan fingerprint density at radius 1 is 0.862 bits per heavy atom. The van der Waals surface area contributed by atoms with Gasteiger partial charge in [0.1, 0.15) is 6.04 Å². The number of fused-ring (bicyclic) bond motifs is 1. The molecule has 5 rings (SSSR count). The van der Waals surface area contributed by atoms with Gasteiger partial charge < -0.3 is 10.2 Å². The second-order valence-electron chi connectivity index (χ2n) is 7.52. The number of nitrogens with zero attached hydrogens (tertiary/aromatic N) is 1. The third-order valence-electron chi connectivity index (χ3n) is 5.70. The summed E-state index contributed by atoms with van der Waals surface area (Å²) < 4.78 is 0. The zero-order valence-corrected chi connectivity index (χ0v) is 15.8. The predicted octanol–water partition coefficient (Wildman–Crippen LogP) is 3.46.